The molecule has 0 aliphatic carbocycles. The number of nitrogens with zero attached hydrogens (tertiary/aromatic N) is 2. The van der Waals surface area contributed by atoms with E-state index in [2.05, 4.69) is 17.2 Å². The van der Waals surface area contributed by atoms with Gasteiger partial charge in [0.1, 0.15) is 5.52 Å². The van der Waals surface area contributed by atoms with Crippen LogP contribution in [-0.2, 0) is 6.42 Å². The van der Waals surface area contributed by atoms with Crippen LogP contribution in [0, 0.1) is 10.1 Å². The Balaban J connectivity index is 1.64. The Labute approximate surface area is 186 Å². The molecule has 7 nitrogen and oxygen atoms in total. The first kappa shape index (κ1) is 20.8. The maximum atomic E-state index is 12.6. The summed E-state index contributed by atoms with van der Waals surface area (Å²) in [6, 6.07) is 14.3. The van der Waals surface area contributed by atoms with Crippen molar-refractivity contribution in [2.24, 2.45) is 0 Å². The third-order valence-electron chi connectivity index (χ3n) is 4.72. The van der Waals surface area contributed by atoms with Gasteiger partial charge in [0.15, 0.2) is 5.58 Å². The van der Waals surface area contributed by atoms with Crippen LogP contribution < -0.4 is 5.32 Å². The number of fused-ring (bicyclic) bond motifs is 1. The highest BCUT2D eigenvalue weighted by molar-refractivity contribution is 6.35. The van der Waals surface area contributed by atoms with Crippen LogP contribution in [0.2, 0.25) is 10.0 Å². The first-order valence-corrected chi connectivity index (χ1v) is 10.1. The lowest BCUT2D eigenvalue weighted by Crippen LogP contribution is -2.12. The molecule has 0 unspecified atom stereocenters. The van der Waals surface area contributed by atoms with Gasteiger partial charge < -0.3 is 9.73 Å². The number of carbonyl (C=O) groups is 1. The molecular weight excluding hydrogens is 441 g/mol. The minimum atomic E-state index is -0.581. The maximum absolute atomic E-state index is 12.6. The Morgan fingerprint density at radius 1 is 1.10 bits per heavy atom. The predicted octanol–water partition coefficient (Wildman–Crippen LogP) is 6.52. The Hall–Kier alpha value is -3.42. The average Bonchev–Trinajstić information content (AvgIpc) is 3.17. The summed E-state index contributed by atoms with van der Waals surface area (Å²) in [4.78, 5) is 27.4. The molecule has 0 spiro atoms. The number of nitro groups is 1. The standard InChI is InChI=1S/C22H15Cl2N3O4/c1-2-12-3-8-20-19(9-12)26-22(31-20)16-10-13(4-7-17(16)23)25-21(28)15-6-5-14(27(29)30)11-18(15)24/h3-11H,2H2,1H3,(H,25,28). The molecule has 1 N–H and O–H groups in total. The number of benzene rings is 3. The molecule has 1 aromatic heterocycles. The van der Waals surface area contributed by atoms with Gasteiger partial charge in [-0.15, -0.1) is 0 Å². The number of rotatable bonds is 5. The number of anilines is 1. The normalized spacial score (nSPS) is 10.9. The lowest BCUT2D eigenvalue weighted by atomic mass is 10.1. The first-order valence-electron chi connectivity index (χ1n) is 9.30. The summed E-state index contributed by atoms with van der Waals surface area (Å²) in [5.74, 6) is -0.184. The molecule has 0 atom stereocenters. The van der Waals surface area contributed by atoms with Gasteiger partial charge in [-0.2, -0.15) is 0 Å². The van der Waals surface area contributed by atoms with E-state index in [0.29, 0.717) is 27.7 Å². The molecule has 4 rings (SSSR count). The van der Waals surface area contributed by atoms with E-state index >= 15 is 0 Å². The molecular formula is C22H15Cl2N3O4. The maximum Gasteiger partial charge on any atom is 0.270 e. The second kappa shape index (κ2) is 8.37. The van der Waals surface area contributed by atoms with Crippen LogP contribution in [0.5, 0.6) is 0 Å². The average molecular weight is 456 g/mol. The van der Waals surface area contributed by atoms with Gasteiger partial charge in [-0.05, 0) is 48.4 Å². The van der Waals surface area contributed by atoms with Crippen molar-refractivity contribution in [2.75, 3.05) is 5.32 Å². The van der Waals surface area contributed by atoms with Gasteiger partial charge in [0.2, 0.25) is 5.89 Å². The molecule has 0 aliphatic rings. The zero-order chi connectivity index (χ0) is 22.1. The van der Waals surface area contributed by atoms with Gasteiger partial charge in [0.05, 0.1) is 26.1 Å². The monoisotopic (exact) mass is 455 g/mol. The molecule has 0 radical (unpaired) electrons. The second-order valence-corrected chi connectivity index (χ2v) is 7.56. The number of carbonyl (C=O) groups excluding carboxylic acids is 1. The van der Waals surface area contributed by atoms with Gasteiger partial charge in [-0.25, -0.2) is 4.98 Å². The van der Waals surface area contributed by atoms with E-state index in [9.17, 15) is 14.9 Å². The Morgan fingerprint density at radius 2 is 1.90 bits per heavy atom. The predicted molar refractivity (Wildman–Crippen MR) is 120 cm³/mol. The van der Waals surface area contributed by atoms with E-state index in [-0.39, 0.29) is 16.3 Å². The fourth-order valence-electron chi connectivity index (χ4n) is 3.08. The Kier molecular flexibility index (Phi) is 5.63. The van der Waals surface area contributed by atoms with Crippen LogP contribution >= 0.6 is 23.2 Å². The zero-order valence-corrected chi connectivity index (χ0v) is 17.7. The largest absolute Gasteiger partial charge is 0.436 e. The van der Waals surface area contributed by atoms with Gasteiger partial charge >= 0.3 is 0 Å². The summed E-state index contributed by atoms with van der Waals surface area (Å²) in [6.07, 6.45) is 0.881. The van der Waals surface area contributed by atoms with Crippen molar-refractivity contribution >= 4 is 51.6 Å². The summed E-state index contributed by atoms with van der Waals surface area (Å²) < 4.78 is 5.84. The highest BCUT2D eigenvalue weighted by atomic mass is 35.5. The second-order valence-electron chi connectivity index (χ2n) is 6.74. The molecule has 156 valence electrons. The van der Waals surface area contributed by atoms with Crippen molar-refractivity contribution in [1.82, 2.24) is 4.98 Å². The molecule has 1 heterocycles. The number of nitro benzene ring substituents is 1. The Bertz CT molecular complexity index is 1330. The van der Waals surface area contributed by atoms with Crippen LogP contribution in [0.25, 0.3) is 22.6 Å². The number of non-ortho nitro benzene ring substituents is 1. The molecule has 0 fully saturated rings. The smallest absolute Gasteiger partial charge is 0.270 e. The van der Waals surface area contributed by atoms with E-state index in [1.807, 2.05) is 18.2 Å². The molecule has 0 saturated heterocycles. The molecule has 3 aromatic carbocycles. The third kappa shape index (κ3) is 4.23. The fourth-order valence-corrected chi connectivity index (χ4v) is 3.53. The topological polar surface area (TPSA) is 98.3 Å². The summed E-state index contributed by atoms with van der Waals surface area (Å²) in [6.45, 7) is 2.06. The van der Waals surface area contributed by atoms with E-state index in [1.165, 1.54) is 12.1 Å². The lowest BCUT2D eigenvalue weighted by Gasteiger charge is -2.09. The first-order chi connectivity index (χ1) is 14.9. The van der Waals surface area contributed by atoms with Crippen LogP contribution in [0.1, 0.15) is 22.8 Å². The minimum absolute atomic E-state index is 0.0217. The van der Waals surface area contributed by atoms with Crippen molar-refractivity contribution in [3.05, 3.63) is 85.9 Å². The number of nitrogens with one attached hydrogen (secondary N) is 1. The number of hydrogen-bond donors (Lipinski definition) is 1. The molecule has 31 heavy (non-hydrogen) atoms. The van der Waals surface area contributed by atoms with Crippen LogP contribution in [0.4, 0.5) is 11.4 Å². The number of amides is 1. The fraction of sp³-hybridized carbons (Fsp3) is 0.0909. The van der Waals surface area contributed by atoms with Crippen LogP contribution in [-0.4, -0.2) is 15.8 Å². The lowest BCUT2D eigenvalue weighted by molar-refractivity contribution is -0.384. The van der Waals surface area contributed by atoms with E-state index < -0.39 is 10.8 Å². The molecule has 0 aliphatic heterocycles. The number of aryl methyl sites for hydroxylation is 1. The molecule has 9 heteroatoms. The van der Waals surface area contributed by atoms with Crippen molar-refractivity contribution in [3.8, 4) is 11.5 Å². The molecule has 4 aromatic rings. The summed E-state index contributed by atoms with van der Waals surface area (Å²) in [5, 5.41) is 14.0. The van der Waals surface area contributed by atoms with Crippen molar-refractivity contribution in [3.63, 3.8) is 0 Å². The molecule has 0 bridgehead atoms. The van der Waals surface area contributed by atoms with Gasteiger partial charge in [0.25, 0.3) is 11.6 Å². The summed E-state index contributed by atoms with van der Waals surface area (Å²) in [7, 11) is 0. The minimum Gasteiger partial charge on any atom is -0.436 e. The highest BCUT2D eigenvalue weighted by Gasteiger charge is 2.17. The van der Waals surface area contributed by atoms with E-state index in [1.54, 1.807) is 18.2 Å². The molecule has 0 saturated carbocycles. The summed E-state index contributed by atoms with van der Waals surface area (Å²) >= 11 is 12.4. The van der Waals surface area contributed by atoms with Crippen LogP contribution in [0.3, 0.4) is 0 Å². The van der Waals surface area contributed by atoms with Crippen LogP contribution in [0.15, 0.2) is 59.0 Å². The Morgan fingerprint density at radius 3 is 2.61 bits per heavy atom. The quantitative estimate of drug-likeness (QED) is 0.272. The van der Waals surface area contributed by atoms with Crippen molar-refractivity contribution in [2.45, 2.75) is 13.3 Å². The number of aromatic nitrogens is 1. The number of oxazole rings is 1. The van der Waals surface area contributed by atoms with E-state index in [0.717, 1.165) is 23.6 Å². The zero-order valence-electron chi connectivity index (χ0n) is 16.2. The van der Waals surface area contributed by atoms with Gasteiger partial charge in [0, 0.05) is 17.8 Å². The number of hydrogen-bond acceptors (Lipinski definition) is 5. The summed E-state index contributed by atoms with van der Waals surface area (Å²) in [5.41, 5.74) is 3.36. The van der Waals surface area contributed by atoms with Gasteiger partial charge in [-0.1, -0.05) is 36.2 Å². The van der Waals surface area contributed by atoms with Crippen molar-refractivity contribution in [1.29, 1.82) is 0 Å². The van der Waals surface area contributed by atoms with Crippen molar-refractivity contribution < 1.29 is 14.1 Å². The van der Waals surface area contributed by atoms with Gasteiger partial charge in [-0.3, -0.25) is 14.9 Å². The highest BCUT2D eigenvalue weighted by Crippen LogP contribution is 2.33. The SMILES string of the molecule is CCc1ccc2oc(-c3cc(NC(=O)c4ccc([N+](=O)[O-])cc4Cl)ccc3Cl)nc2c1. The molecule has 1 amide bonds. The number of halogens is 2. The third-order valence-corrected chi connectivity index (χ3v) is 5.37. The van der Waals surface area contributed by atoms with E-state index in [4.69, 9.17) is 27.6 Å².